The molecule has 2 rings (SSSR count). The molecule has 0 amide bonds. The molecule has 1 aliphatic heterocycles. The lowest BCUT2D eigenvalue weighted by molar-refractivity contribution is -0.0438. The van der Waals surface area contributed by atoms with Crippen LogP contribution >= 0.6 is 0 Å². The van der Waals surface area contributed by atoms with Gasteiger partial charge >= 0.3 is 0 Å². The van der Waals surface area contributed by atoms with Gasteiger partial charge in [-0.05, 0) is 31.7 Å². The third-order valence-corrected chi connectivity index (χ3v) is 5.52. The van der Waals surface area contributed by atoms with Gasteiger partial charge in [0.05, 0.1) is 13.2 Å². The molecule has 2 unspecified atom stereocenters. The molecule has 0 aromatic heterocycles. The van der Waals surface area contributed by atoms with Gasteiger partial charge in [-0.2, -0.15) is 0 Å². The zero-order valence-corrected chi connectivity index (χ0v) is 13.8. The van der Waals surface area contributed by atoms with Crippen LogP contribution in [0.5, 0.6) is 0 Å². The lowest BCUT2D eigenvalue weighted by atomic mass is 9.78. The van der Waals surface area contributed by atoms with Crippen molar-refractivity contribution in [3.63, 3.8) is 0 Å². The first-order valence-electron chi connectivity index (χ1n) is 8.80. The Morgan fingerprint density at radius 3 is 2.35 bits per heavy atom. The summed E-state index contributed by atoms with van der Waals surface area (Å²) in [6, 6.07) is 0.646. The van der Waals surface area contributed by atoms with Gasteiger partial charge in [0.1, 0.15) is 0 Å². The van der Waals surface area contributed by atoms with Crippen molar-refractivity contribution in [2.45, 2.75) is 70.9 Å². The van der Waals surface area contributed by atoms with Gasteiger partial charge in [0.15, 0.2) is 0 Å². The molecule has 2 aliphatic rings. The first kappa shape index (κ1) is 16.3. The number of rotatable bonds is 7. The van der Waals surface area contributed by atoms with E-state index in [1.54, 1.807) is 0 Å². The van der Waals surface area contributed by atoms with Crippen LogP contribution in [0.1, 0.15) is 59.3 Å². The normalized spacial score (nSPS) is 26.6. The van der Waals surface area contributed by atoms with E-state index >= 15 is 0 Å². The first-order valence-corrected chi connectivity index (χ1v) is 8.80. The molecule has 1 aliphatic carbocycles. The molecule has 20 heavy (non-hydrogen) atoms. The minimum Gasteiger partial charge on any atom is -0.379 e. The van der Waals surface area contributed by atoms with Gasteiger partial charge in [0.25, 0.3) is 0 Å². The second-order valence-corrected chi connectivity index (χ2v) is 6.73. The van der Waals surface area contributed by atoms with E-state index in [1.165, 1.54) is 38.5 Å². The van der Waals surface area contributed by atoms with Crippen molar-refractivity contribution in [1.29, 1.82) is 0 Å². The predicted molar refractivity (Wildman–Crippen MR) is 85.1 cm³/mol. The van der Waals surface area contributed by atoms with E-state index in [0.717, 1.165) is 38.8 Å². The lowest BCUT2D eigenvalue weighted by Crippen LogP contribution is -2.64. The molecule has 0 aromatic carbocycles. The van der Waals surface area contributed by atoms with E-state index in [9.17, 15) is 0 Å². The highest BCUT2D eigenvalue weighted by molar-refractivity contribution is 5.05. The van der Waals surface area contributed by atoms with Gasteiger partial charge in [0, 0.05) is 24.7 Å². The second-order valence-electron chi connectivity index (χ2n) is 6.73. The topological polar surface area (TPSA) is 24.5 Å². The zero-order chi connectivity index (χ0) is 14.4. The maximum Gasteiger partial charge on any atom is 0.0594 e. The summed E-state index contributed by atoms with van der Waals surface area (Å²) in [7, 11) is 0. The molecule has 2 atom stereocenters. The summed E-state index contributed by atoms with van der Waals surface area (Å²) in [6.07, 6.45) is 8.05. The summed E-state index contributed by atoms with van der Waals surface area (Å²) in [4.78, 5) is 2.77. The largest absolute Gasteiger partial charge is 0.379 e. The molecular formula is C17H34N2O. The van der Waals surface area contributed by atoms with Crippen LogP contribution in [0.25, 0.3) is 0 Å². The maximum absolute atomic E-state index is 5.59. The van der Waals surface area contributed by atoms with Gasteiger partial charge in [-0.15, -0.1) is 0 Å². The Morgan fingerprint density at radius 2 is 1.80 bits per heavy atom. The van der Waals surface area contributed by atoms with Crippen LogP contribution in [-0.4, -0.2) is 49.3 Å². The molecule has 1 saturated carbocycles. The van der Waals surface area contributed by atoms with Crippen molar-refractivity contribution in [3.05, 3.63) is 0 Å². The Hall–Kier alpha value is -0.120. The molecule has 3 heteroatoms. The van der Waals surface area contributed by atoms with E-state index < -0.39 is 0 Å². The molecule has 1 N–H and O–H groups in total. The molecule has 2 fully saturated rings. The lowest BCUT2D eigenvalue weighted by Gasteiger charge is -2.50. The van der Waals surface area contributed by atoms with Crippen LogP contribution in [0.3, 0.4) is 0 Å². The summed E-state index contributed by atoms with van der Waals surface area (Å²) in [5.41, 5.74) is 0.397. The zero-order valence-electron chi connectivity index (χ0n) is 13.8. The van der Waals surface area contributed by atoms with Crippen LogP contribution in [0.4, 0.5) is 0 Å². The molecule has 0 aromatic rings. The fraction of sp³-hybridized carbons (Fsp3) is 1.00. The first-order chi connectivity index (χ1) is 9.74. The fourth-order valence-electron chi connectivity index (χ4n) is 4.28. The Balaban J connectivity index is 2.17. The van der Waals surface area contributed by atoms with E-state index in [0.29, 0.717) is 11.6 Å². The Morgan fingerprint density at radius 1 is 1.15 bits per heavy atom. The quantitative estimate of drug-likeness (QED) is 0.777. The number of hydrogen-bond donors (Lipinski definition) is 1. The average Bonchev–Trinajstić information content (AvgIpc) is 2.99. The highest BCUT2D eigenvalue weighted by atomic mass is 16.5. The third-order valence-electron chi connectivity index (χ3n) is 5.52. The van der Waals surface area contributed by atoms with Crippen molar-refractivity contribution in [1.82, 2.24) is 10.2 Å². The Bertz CT molecular complexity index is 270. The van der Waals surface area contributed by atoms with E-state index in [4.69, 9.17) is 4.74 Å². The monoisotopic (exact) mass is 282 g/mol. The van der Waals surface area contributed by atoms with Crippen LogP contribution in [0.15, 0.2) is 0 Å². The second kappa shape index (κ2) is 7.77. The summed E-state index contributed by atoms with van der Waals surface area (Å²) in [5.74, 6) is 0.752. The summed E-state index contributed by atoms with van der Waals surface area (Å²) < 4.78 is 5.59. The van der Waals surface area contributed by atoms with Crippen LogP contribution < -0.4 is 5.32 Å². The minimum absolute atomic E-state index is 0.397. The van der Waals surface area contributed by atoms with Crippen molar-refractivity contribution >= 4 is 0 Å². The van der Waals surface area contributed by atoms with Crippen molar-refractivity contribution in [3.8, 4) is 0 Å². The molecule has 118 valence electrons. The Kier molecular flexibility index (Phi) is 6.31. The molecule has 3 nitrogen and oxygen atoms in total. The molecular weight excluding hydrogens is 248 g/mol. The minimum atomic E-state index is 0.397. The highest BCUT2D eigenvalue weighted by Crippen LogP contribution is 2.41. The number of morpholine rings is 1. The smallest absolute Gasteiger partial charge is 0.0594 e. The molecule has 0 bridgehead atoms. The van der Waals surface area contributed by atoms with Crippen molar-refractivity contribution in [2.75, 3.05) is 32.8 Å². The maximum atomic E-state index is 5.59. The molecule has 1 heterocycles. The van der Waals surface area contributed by atoms with Gasteiger partial charge in [-0.1, -0.05) is 40.0 Å². The molecule has 0 radical (unpaired) electrons. The van der Waals surface area contributed by atoms with Crippen LogP contribution in [-0.2, 0) is 4.74 Å². The predicted octanol–water partition coefficient (Wildman–Crippen LogP) is 3.05. The van der Waals surface area contributed by atoms with Gasteiger partial charge in [-0.25, -0.2) is 0 Å². The number of hydrogen-bond acceptors (Lipinski definition) is 3. The summed E-state index contributed by atoms with van der Waals surface area (Å²) in [5, 5.41) is 3.92. The van der Waals surface area contributed by atoms with Gasteiger partial charge < -0.3 is 10.1 Å². The summed E-state index contributed by atoms with van der Waals surface area (Å²) in [6.45, 7) is 12.3. The SMILES string of the molecule is CCCNC(C(C)CC)C1(N2CCOCC2)CCCC1. The number of ether oxygens (including phenoxy) is 1. The van der Waals surface area contributed by atoms with Gasteiger partial charge in [0.2, 0.25) is 0 Å². The van der Waals surface area contributed by atoms with E-state index in [1.807, 2.05) is 0 Å². The van der Waals surface area contributed by atoms with E-state index in [-0.39, 0.29) is 0 Å². The van der Waals surface area contributed by atoms with Crippen molar-refractivity contribution in [2.24, 2.45) is 5.92 Å². The molecule has 0 spiro atoms. The highest BCUT2D eigenvalue weighted by Gasteiger charge is 2.47. The average molecular weight is 282 g/mol. The number of nitrogens with zero attached hydrogens (tertiary/aromatic N) is 1. The van der Waals surface area contributed by atoms with E-state index in [2.05, 4.69) is 31.0 Å². The van der Waals surface area contributed by atoms with Crippen LogP contribution in [0, 0.1) is 5.92 Å². The van der Waals surface area contributed by atoms with Gasteiger partial charge in [-0.3, -0.25) is 4.90 Å². The number of nitrogens with one attached hydrogen (secondary N) is 1. The van der Waals surface area contributed by atoms with Crippen LogP contribution in [0.2, 0.25) is 0 Å². The third kappa shape index (κ3) is 3.37. The summed E-state index contributed by atoms with van der Waals surface area (Å²) >= 11 is 0. The van der Waals surface area contributed by atoms with Crippen molar-refractivity contribution < 1.29 is 4.74 Å². The Labute approximate surface area is 125 Å². The standard InChI is InChI=1S/C17H34N2O/c1-4-10-18-16(15(3)5-2)17(8-6-7-9-17)19-11-13-20-14-12-19/h15-16,18H,4-14H2,1-3H3. The fourth-order valence-corrected chi connectivity index (χ4v) is 4.28. The molecule has 1 saturated heterocycles.